The van der Waals surface area contributed by atoms with Gasteiger partial charge in [-0.25, -0.2) is 4.79 Å². The highest BCUT2D eigenvalue weighted by Gasteiger charge is 2.29. The molecule has 1 saturated carbocycles. The first-order valence-corrected chi connectivity index (χ1v) is 2.99. The topological polar surface area (TPSA) is 85.9 Å². The highest BCUT2D eigenvalue weighted by Crippen LogP contribution is 2.26. The van der Waals surface area contributed by atoms with Crippen molar-refractivity contribution < 1.29 is 20.2 Å². The van der Waals surface area contributed by atoms with E-state index >= 15 is 0 Å². The lowest BCUT2D eigenvalue weighted by Gasteiger charge is -2.21. The first-order valence-electron chi connectivity index (χ1n) is 2.99. The molecule has 10 heavy (non-hydrogen) atoms. The van der Waals surface area contributed by atoms with Gasteiger partial charge in [0.1, 0.15) is 0 Å². The third-order valence-corrected chi connectivity index (χ3v) is 1.69. The van der Waals surface area contributed by atoms with Gasteiger partial charge in [-0.05, 0) is 12.8 Å². The molecule has 0 heterocycles. The van der Waals surface area contributed by atoms with E-state index in [1.54, 1.807) is 0 Å². The maximum Gasteiger partial charge on any atom is 0.372 e. The summed E-state index contributed by atoms with van der Waals surface area (Å²) in [6, 6.07) is 0. The van der Waals surface area contributed by atoms with E-state index < -0.39 is 11.8 Å². The van der Waals surface area contributed by atoms with E-state index in [2.05, 4.69) is 0 Å². The van der Waals surface area contributed by atoms with Crippen molar-refractivity contribution in [2.45, 2.75) is 19.3 Å². The standard InChI is InChI=1S/C6H8O3.H2O/c7-5(6(8)9)4-2-1-3-4;/h4H,1-3H2,(H,8,9);1H2. The minimum Gasteiger partial charge on any atom is -0.475 e. The zero-order valence-electron chi connectivity index (χ0n) is 5.46. The predicted molar refractivity (Wildman–Crippen MR) is 33.6 cm³/mol. The highest BCUT2D eigenvalue weighted by atomic mass is 16.4. The monoisotopic (exact) mass is 146 g/mol. The summed E-state index contributed by atoms with van der Waals surface area (Å²) >= 11 is 0. The molecular weight excluding hydrogens is 136 g/mol. The minimum absolute atomic E-state index is 0. The molecule has 3 N–H and O–H groups in total. The molecule has 1 aliphatic rings. The van der Waals surface area contributed by atoms with Crippen LogP contribution in [0.25, 0.3) is 0 Å². The van der Waals surface area contributed by atoms with Crippen LogP contribution < -0.4 is 0 Å². The number of carboxylic acid groups (broad SMARTS) is 1. The molecule has 0 bridgehead atoms. The Labute approximate surface area is 58.2 Å². The SMILES string of the molecule is O.O=C(O)C(=O)C1CCC1. The summed E-state index contributed by atoms with van der Waals surface area (Å²) in [5, 5.41) is 8.17. The van der Waals surface area contributed by atoms with Crippen LogP contribution in [-0.2, 0) is 9.59 Å². The molecule has 0 unspecified atom stereocenters. The van der Waals surface area contributed by atoms with Gasteiger partial charge in [0.15, 0.2) is 0 Å². The van der Waals surface area contributed by atoms with Crippen molar-refractivity contribution in [3.63, 3.8) is 0 Å². The van der Waals surface area contributed by atoms with Gasteiger partial charge in [-0.2, -0.15) is 0 Å². The van der Waals surface area contributed by atoms with Crippen LogP contribution in [-0.4, -0.2) is 22.3 Å². The molecular formula is C6H10O4. The number of hydrogen-bond acceptors (Lipinski definition) is 2. The average Bonchev–Trinajstić information content (AvgIpc) is 1.60. The Morgan fingerprint density at radius 2 is 1.80 bits per heavy atom. The summed E-state index contributed by atoms with van der Waals surface area (Å²) in [6.07, 6.45) is 2.54. The van der Waals surface area contributed by atoms with E-state index in [4.69, 9.17) is 5.11 Å². The lowest BCUT2D eigenvalue weighted by molar-refractivity contribution is -0.152. The number of carboxylic acids is 1. The molecule has 1 fully saturated rings. The molecule has 0 aliphatic heterocycles. The number of rotatable bonds is 2. The molecule has 1 rings (SSSR count). The van der Waals surface area contributed by atoms with Gasteiger partial charge in [0.2, 0.25) is 5.78 Å². The first kappa shape index (κ1) is 9.10. The molecule has 1 aliphatic carbocycles. The Bertz CT molecular complexity index is 148. The highest BCUT2D eigenvalue weighted by molar-refractivity contribution is 6.33. The molecule has 0 aromatic heterocycles. The van der Waals surface area contributed by atoms with Crippen LogP contribution in [0.5, 0.6) is 0 Å². The Morgan fingerprint density at radius 3 is 1.90 bits per heavy atom. The van der Waals surface area contributed by atoms with Crippen molar-refractivity contribution in [2.75, 3.05) is 0 Å². The van der Waals surface area contributed by atoms with Crippen LogP contribution in [0.1, 0.15) is 19.3 Å². The Hall–Kier alpha value is -0.900. The fraction of sp³-hybridized carbons (Fsp3) is 0.667. The summed E-state index contributed by atoms with van der Waals surface area (Å²) in [5.74, 6) is -2.05. The number of ketones is 1. The van der Waals surface area contributed by atoms with Crippen LogP contribution in [0.4, 0.5) is 0 Å². The van der Waals surface area contributed by atoms with Gasteiger partial charge < -0.3 is 10.6 Å². The first-order chi connectivity index (χ1) is 4.22. The van der Waals surface area contributed by atoms with E-state index in [1.807, 2.05) is 0 Å². The van der Waals surface area contributed by atoms with Crippen molar-refractivity contribution in [1.82, 2.24) is 0 Å². The van der Waals surface area contributed by atoms with E-state index in [1.165, 1.54) is 0 Å². The van der Waals surface area contributed by atoms with Gasteiger partial charge in [0, 0.05) is 5.92 Å². The number of Topliss-reactive ketones (excluding diaryl/α,β-unsaturated/α-hetero) is 1. The van der Waals surface area contributed by atoms with Crippen LogP contribution in [0.15, 0.2) is 0 Å². The van der Waals surface area contributed by atoms with Crippen molar-refractivity contribution in [1.29, 1.82) is 0 Å². The van der Waals surface area contributed by atoms with Gasteiger partial charge in [0.05, 0.1) is 0 Å². The Kier molecular flexibility index (Phi) is 3.02. The molecule has 58 valence electrons. The second kappa shape index (κ2) is 3.31. The summed E-state index contributed by atoms with van der Waals surface area (Å²) in [5.41, 5.74) is 0. The molecule has 0 spiro atoms. The van der Waals surface area contributed by atoms with Crippen LogP contribution in [0.3, 0.4) is 0 Å². The zero-order chi connectivity index (χ0) is 6.85. The predicted octanol–water partition coefficient (Wildman–Crippen LogP) is -0.385. The lowest BCUT2D eigenvalue weighted by atomic mass is 9.82. The molecule has 4 nitrogen and oxygen atoms in total. The maximum absolute atomic E-state index is 10.5. The minimum atomic E-state index is -1.28. The molecule has 0 atom stereocenters. The van der Waals surface area contributed by atoms with Crippen LogP contribution in [0, 0.1) is 5.92 Å². The summed E-state index contributed by atoms with van der Waals surface area (Å²) in [6.45, 7) is 0. The lowest BCUT2D eigenvalue weighted by Crippen LogP contribution is -2.28. The fourth-order valence-corrected chi connectivity index (χ4v) is 0.845. The third-order valence-electron chi connectivity index (χ3n) is 1.69. The molecule has 0 aromatic rings. The van der Waals surface area contributed by atoms with E-state index in [-0.39, 0.29) is 11.4 Å². The van der Waals surface area contributed by atoms with Gasteiger partial charge in [-0.1, -0.05) is 6.42 Å². The van der Waals surface area contributed by atoms with Gasteiger partial charge >= 0.3 is 5.97 Å². The quantitative estimate of drug-likeness (QED) is 0.538. The normalized spacial score (nSPS) is 16.8. The third kappa shape index (κ3) is 1.54. The number of carbonyl (C=O) groups is 2. The smallest absolute Gasteiger partial charge is 0.372 e. The van der Waals surface area contributed by atoms with Gasteiger partial charge in [0.25, 0.3) is 0 Å². The maximum atomic E-state index is 10.5. The Balaban J connectivity index is 0.000000810. The fourth-order valence-electron chi connectivity index (χ4n) is 0.845. The molecule has 0 aromatic carbocycles. The number of hydrogen-bond donors (Lipinski definition) is 1. The summed E-state index contributed by atoms with van der Waals surface area (Å²) < 4.78 is 0. The van der Waals surface area contributed by atoms with Crippen molar-refractivity contribution in [2.24, 2.45) is 5.92 Å². The largest absolute Gasteiger partial charge is 0.475 e. The molecule has 4 heteroatoms. The van der Waals surface area contributed by atoms with Gasteiger partial charge in [-0.3, -0.25) is 4.79 Å². The number of aliphatic carboxylic acids is 1. The summed E-state index contributed by atoms with van der Waals surface area (Å²) in [7, 11) is 0. The zero-order valence-corrected chi connectivity index (χ0v) is 5.46. The van der Waals surface area contributed by atoms with Gasteiger partial charge in [-0.15, -0.1) is 0 Å². The van der Waals surface area contributed by atoms with Crippen molar-refractivity contribution in [3.8, 4) is 0 Å². The van der Waals surface area contributed by atoms with Crippen molar-refractivity contribution in [3.05, 3.63) is 0 Å². The second-order valence-electron chi connectivity index (χ2n) is 2.30. The second-order valence-corrected chi connectivity index (χ2v) is 2.30. The van der Waals surface area contributed by atoms with Crippen LogP contribution >= 0.6 is 0 Å². The van der Waals surface area contributed by atoms with Crippen LogP contribution in [0.2, 0.25) is 0 Å². The van der Waals surface area contributed by atoms with E-state index in [0.29, 0.717) is 0 Å². The van der Waals surface area contributed by atoms with E-state index in [9.17, 15) is 9.59 Å². The Morgan fingerprint density at radius 1 is 1.30 bits per heavy atom. The van der Waals surface area contributed by atoms with E-state index in [0.717, 1.165) is 19.3 Å². The summed E-state index contributed by atoms with van der Waals surface area (Å²) in [4.78, 5) is 20.5. The molecule has 0 radical (unpaired) electrons. The number of carbonyl (C=O) groups excluding carboxylic acids is 1. The molecule has 0 amide bonds. The molecule has 0 saturated heterocycles. The van der Waals surface area contributed by atoms with Crippen molar-refractivity contribution >= 4 is 11.8 Å². The average molecular weight is 146 g/mol.